The molecule has 0 unspecified atom stereocenters. The van der Waals surface area contributed by atoms with Gasteiger partial charge in [0.05, 0.1) is 36.6 Å². The van der Waals surface area contributed by atoms with Crippen LogP contribution in [0.4, 0.5) is 0 Å². The minimum Gasteiger partial charge on any atom is -0.462 e. The number of esters is 9. The van der Waals surface area contributed by atoms with Crippen molar-refractivity contribution in [3.05, 3.63) is 0 Å². The van der Waals surface area contributed by atoms with E-state index in [0.29, 0.717) is 116 Å². The first-order valence-electron chi connectivity index (χ1n) is 49.7. The Labute approximate surface area is 752 Å². The van der Waals surface area contributed by atoms with E-state index < -0.39 is 131 Å². The Hall–Kier alpha value is -5.01. The van der Waals surface area contributed by atoms with Crippen molar-refractivity contribution in [2.45, 2.75) is 434 Å². The second-order valence-corrected chi connectivity index (χ2v) is 47.3. The van der Waals surface area contributed by atoms with Crippen molar-refractivity contribution < 1.29 is 116 Å². The minimum atomic E-state index is -1.26. The number of rotatable bonds is 32. The van der Waals surface area contributed by atoms with Crippen LogP contribution in [0.1, 0.15) is 356 Å². The SMILES string of the molecule is C[C@H](CCC(=O)OC(C)(C)C)[C@H]1CC[C@H]2[C@@H]3[C@H](O)C[C@@H]4C[C@H](OC(=O)CCCC(=O)OCC(COC(=O)CCCC(=O)O[C@@H]5CC[C@@]6(C)[C@@H](C5)C[C@@H](O)[C@@H]5[C@@H]6C[C@H](O)[C@]6(C)[C@@H]([C@H](C)CCC(=O)OC(C)(C)C)CC[C@@H]56)OC(=O)CCCC(=O)O[C@@H]5CC[C@@]6(C)[C@@H](C5)C[C@@H](O)[C@@H]5[C@@H]6C[C@H](O)[C@]6(C)[C@@H]([C@H](C)CCC(=O)OC(C)(C)C)CC[C@@H]56)CC[C@]4(C)[C@H]3C[C@H](O)[C@]12C. The normalized spacial score (nSPS) is 40.8. The van der Waals surface area contributed by atoms with Gasteiger partial charge in [-0.25, -0.2) is 0 Å². The van der Waals surface area contributed by atoms with Crippen molar-refractivity contribution in [3.63, 3.8) is 0 Å². The predicted molar refractivity (Wildman–Crippen MR) is 470 cm³/mol. The zero-order chi connectivity index (χ0) is 92.1. The molecule has 126 heavy (non-hydrogen) atoms. The molecule has 0 aromatic heterocycles. The summed E-state index contributed by atoms with van der Waals surface area (Å²) in [6.45, 7) is 35.9. The number of fused-ring (bicyclic) bond motifs is 15. The van der Waals surface area contributed by atoms with Gasteiger partial charge in [0, 0.05) is 57.8 Å². The molecule has 12 aliphatic rings. The first-order valence-corrected chi connectivity index (χ1v) is 49.7. The largest absolute Gasteiger partial charge is 0.462 e. The van der Waals surface area contributed by atoms with Gasteiger partial charge in [0.25, 0.3) is 0 Å². The van der Waals surface area contributed by atoms with E-state index in [9.17, 15) is 73.8 Å². The van der Waals surface area contributed by atoms with Gasteiger partial charge < -0.3 is 73.3 Å². The van der Waals surface area contributed by atoms with Gasteiger partial charge in [0.1, 0.15) is 48.3 Å². The second-order valence-electron chi connectivity index (χ2n) is 47.3. The van der Waals surface area contributed by atoms with E-state index in [0.717, 1.165) is 57.8 Å². The van der Waals surface area contributed by atoms with Crippen LogP contribution in [-0.4, -0.2) is 175 Å². The summed E-state index contributed by atoms with van der Waals surface area (Å²) in [6.07, 6.45) is 11.4. The average Bonchev–Trinajstić information content (AvgIpc) is 1.43. The summed E-state index contributed by atoms with van der Waals surface area (Å²) in [4.78, 5) is 120. The molecule has 0 spiro atoms. The van der Waals surface area contributed by atoms with Crippen LogP contribution in [0.15, 0.2) is 0 Å². The highest BCUT2D eigenvalue weighted by atomic mass is 16.6. The fourth-order valence-electron chi connectivity index (χ4n) is 30.2. The van der Waals surface area contributed by atoms with Gasteiger partial charge in [-0.3, -0.25) is 43.2 Å². The third-order valence-corrected chi connectivity index (χ3v) is 36.5. The van der Waals surface area contributed by atoms with Gasteiger partial charge in [-0.05, 0) is 375 Å². The van der Waals surface area contributed by atoms with E-state index >= 15 is 0 Å². The van der Waals surface area contributed by atoms with E-state index in [1.54, 1.807) is 0 Å². The number of ether oxygens (including phenoxy) is 9. The van der Waals surface area contributed by atoms with Crippen molar-refractivity contribution in [1.82, 2.24) is 0 Å². The van der Waals surface area contributed by atoms with E-state index in [2.05, 4.69) is 62.3 Å². The molecule has 12 saturated carbocycles. The van der Waals surface area contributed by atoms with Crippen molar-refractivity contribution in [2.24, 2.45) is 139 Å². The molecule has 12 fully saturated rings. The average molecular weight is 1770 g/mol. The maximum absolute atomic E-state index is 13.7. The van der Waals surface area contributed by atoms with Crippen LogP contribution >= 0.6 is 0 Å². The topological polar surface area (TPSA) is 358 Å². The Morgan fingerprint density at radius 1 is 0.317 bits per heavy atom. The summed E-state index contributed by atoms with van der Waals surface area (Å²) >= 11 is 0. The maximum atomic E-state index is 13.7. The van der Waals surface area contributed by atoms with Crippen LogP contribution in [0, 0.1) is 139 Å². The van der Waals surface area contributed by atoms with E-state index in [4.69, 9.17) is 42.6 Å². The molecule has 0 amide bonds. The summed E-state index contributed by atoms with van der Waals surface area (Å²) < 4.78 is 52.3. The number of aliphatic hydroxyl groups is 6. The molecule has 0 heterocycles. The van der Waals surface area contributed by atoms with Gasteiger partial charge in [-0.1, -0.05) is 62.3 Å². The number of carbonyl (C=O) groups excluding carboxylic acids is 9. The summed E-state index contributed by atoms with van der Waals surface area (Å²) in [5, 5.41) is 73.2. The minimum absolute atomic E-state index is 0.0185. The Kier molecular flexibility index (Phi) is 31.5. The van der Waals surface area contributed by atoms with Crippen molar-refractivity contribution in [3.8, 4) is 0 Å². The van der Waals surface area contributed by atoms with Crippen LogP contribution in [0.2, 0.25) is 0 Å². The Bertz CT molecular complexity index is 3640. The fraction of sp³-hybridized carbons (Fsp3) is 0.912. The Morgan fingerprint density at radius 3 is 0.849 bits per heavy atom. The molecule has 716 valence electrons. The van der Waals surface area contributed by atoms with Crippen LogP contribution in [0.25, 0.3) is 0 Å². The highest BCUT2D eigenvalue weighted by molar-refractivity contribution is 5.75. The van der Waals surface area contributed by atoms with Gasteiger partial charge in [-0.2, -0.15) is 0 Å². The molecule has 0 aromatic rings. The molecule has 12 aliphatic carbocycles. The van der Waals surface area contributed by atoms with E-state index in [-0.39, 0.29) is 211 Å². The second kappa shape index (κ2) is 39.7. The standard InChI is InChI=1S/C102H164O24/c1-57(28-37-88(115)124-94(4,5)6)67-31-34-70-91-73(52-79(106)100(67,70)16)97(13)43-40-63(46-60(97)49-76(91)103)120-84(111)24-19-22-82(109)118-55-66(123-87(114)27-21-26-86(113)122-65-42-45-99(15)62(48-65)51-78(105)93-72-36-33-69(102(72,18)81(108)54-75(93)99)59(3)30-39-90(117)126-96(10,11)12)56-119-83(110)23-20-25-85(112)121-64-41-44-98(14)61(47-64)50-77(104)92-71-35-32-68(101(71,17)80(107)53-74(92)98)58(2)29-38-89(116)125-95(7,8)9/h57-81,91-93,103-108H,19-56H2,1-18H3/t57-,58-,59-,60+,61+,62+,63-,64-,65-,67-,68-,69-,70+,71+,72+,73+,74+,75+,76-,77-,78-,79+,80+,81+,91+,92+,93+,97+,98+,99+,100-,101-,102-/m1/s1. The molecule has 0 bridgehead atoms. The lowest BCUT2D eigenvalue weighted by Gasteiger charge is -2.63. The Balaban J connectivity index is 0.600. The molecule has 0 saturated heterocycles. The quantitative estimate of drug-likeness (QED) is 0.0269. The van der Waals surface area contributed by atoms with Gasteiger partial charge >= 0.3 is 53.7 Å². The summed E-state index contributed by atoms with van der Waals surface area (Å²) in [5.41, 5.74) is -3.44. The molecule has 24 nitrogen and oxygen atoms in total. The van der Waals surface area contributed by atoms with E-state index in [1.165, 1.54) is 0 Å². The van der Waals surface area contributed by atoms with Crippen LogP contribution in [0.3, 0.4) is 0 Å². The molecule has 6 N–H and O–H groups in total. The lowest BCUT2D eigenvalue weighted by Crippen LogP contribution is -2.62. The third kappa shape index (κ3) is 21.7. The zero-order valence-electron chi connectivity index (χ0n) is 80.1. The zero-order valence-corrected chi connectivity index (χ0v) is 80.1. The molecular formula is C102H164O24. The van der Waals surface area contributed by atoms with Gasteiger partial charge in [0.15, 0.2) is 6.10 Å². The number of aliphatic hydroxyl groups excluding tert-OH is 6. The molecule has 0 aromatic carbocycles. The highest BCUT2D eigenvalue weighted by Gasteiger charge is 2.70. The van der Waals surface area contributed by atoms with E-state index in [1.807, 2.05) is 62.3 Å². The first kappa shape index (κ1) is 100.0. The van der Waals surface area contributed by atoms with Gasteiger partial charge in [0.2, 0.25) is 0 Å². The maximum Gasteiger partial charge on any atom is 0.306 e. The first-order chi connectivity index (χ1) is 58.9. The third-order valence-electron chi connectivity index (χ3n) is 36.5. The van der Waals surface area contributed by atoms with Crippen LogP contribution < -0.4 is 0 Å². The van der Waals surface area contributed by atoms with Crippen LogP contribution in [-0.2, 0) is 85.8 Å². The number of carbonyl (C=O) groups is 9. The highest BCUT2D eigenvalue weighted by Crippen LogP contribution is 2.73. The number of hydrogen-bond donors (Lipinski definition) is 6. The monoisotopic (exact) mass is 1770 g/mol. The molecular weight excluding hydrogens is 1610 g/mol. The number of hydrogen-bond acceptors (Lipinski definition) is 24. The Morgan fingerprint density at radius 2 is 0.579 bits per heavy atom. The molecule has 0 radical (unpaired) electrons. The van der Waals surface area contributed by atoms with Crippen molar-refractivity contribution in [1.29, 1.82) is 0 Å². The lowest BCUT2D eigenvalue weighted by atomic mass is 9.43. The molecule has 0 aliphatic heterocycles. The summed E-state index contributed by atoms with van der Waals surface area (Å²) in [5.74, 6) is -2.15. The summed E-state index contributed by atoms with van der Waals surface area (Å²) in [7, 11) is 0. The lowest BCUT2D eigenvalue weighted by molar-refractivity contribution is -0.209. The van der Waals surface area contributed by atoms with Gasteiger partial charge in [-0.15, -0.1) is 0 Å². The fourth-order valence-corrected chi connectivity index (χ4v) is 30.2. The molecule has 24 heteroatoms. The molecule has 33 atom stereocenters. The summed E-state index contributed by atoms with van der Waals surface area (Å²) in [6, 6.07) is 0. The van der Waals surface area contributed by atoms with Crippen LogP contribution in [0.5, 0.6) is 0 Å². The van der Waals surface area contributed by atoms with Crippen molar-refractivity contribution >= 4 is 53.7 Å². The predicted octanol–water partition coefficient (Wildman–Crippen LogP) is 16.3. The van der Waals surface area contributed by atoms with Crippen molar-refractivity contribution in [2.75, 3.05) is 13.2 Å². The molecule has 12 rings (SSSR count). The smallest absolute Gasteiger partial charge is 0.306 e.